The van der Waals surface area contributed by atoms with Crippen molar-refractivity contribution >= 4 is 36.0 Å². The van der Waals surface area contributed by atoms with Gasteiger partial charge in [-0.15, -0.1) is 24.0 Å². The lowest BCUT2D eigenvalue weighted by Gasteiger charge is -2.34. The van der Waals surface area contributed by atoms with Crippen molar-refractivity contribution in [3.63, 3.8) is 0 Å². The number of nitrogens with zero attached hydrogens (tertiary/aromatic N) is 2. The number of carbonyl (C=O) groups is 1. The molecule has 1 aliphatic rings. The largest absolute Gasteiger partial charge is 0.444 e. The third kappa shape index (κ3) is 12.1. The number of guanidine groups is 1. The Morgan fingerprint density at radius 1 is 1.13 bits per heavy atom. The Labute approximate surface area is 206 Å². The summed E-state index contributed by atoms with van der Waals surface area (Å²) in [6.45, 7) is 17.0. The first-order chi connectivity index (χ1) is 14.2. The molecule has 9 heteroatoms. The molecule has 0 aliphatic carbocycles. The molecule has 31 heavy (non-hydrogen) atoms. The fourth-order valence-electron chi connectivity index (χ4n) is 3.48. The van der Waals surface area contributed by atoms with Crippen molar-refractivity contribution in [1.29, 1.82) is 0 Å². The van der Waals surface area contributed by atoms with Crippen LogP contribution in [0.1, 0.15) is 67.2 Å². The van der Waals surface area contributed by atoms with Crippen LogP contribution in [-0.2, 0) is 9.47 Å². The van der Waals surface area contributed by atoms with Crippen molar-refractivity contribution in [1.82, 2.24) is 20.9 Å². The predicted octanol–water partition coefficient (Wildman–Crippen LogP) is 3.35. The summed E-state index contributed by atoms with van der Waals surface area (Å²) in [5, 5.41) is 10.0. The molecule has 1 aliphatic heterocycles. The Hall–Kier alpha value is -0.810. The van der Waals surface area contributed by atoms with Gasteiger partial charge in [-0.25, -0.2) is 4.79 Å². The van der Waals surface area contributed by atoms with Crippen LogP contribution in [0.2, 0.25) is 0 Å². The highest BCUT2D eigenvalue weighted by molar-refractivity contribution is 14.0. The van der Waals surface area contributed by atoms with Crippen molar-refractivity contribution in [2.75, 3.05) is 46.4 Å². The van der Waals surface area contributed by atoms with E-state index in [0.717, 1.165) is 64.4 Å². The number of likely N-dealkylation sites (tertiary alicyclic amines) is 1. The molecule has 184 valence electrons. The first kappa shape index (κ1) is 30.2. The molecule has 0 radical (unpaired) electrons. The summed E-state index contributed by atoms with van der Waals surface area (Å²) in [5.74, 6) is 0.810. The highest BCUT2D eigenvalue weighted by Gasteiger charge is 2.30. The van der Waals surface area contributed by atoms with Gasteiger partial charge in [0.1, 0.15) is 5.60 Å². The zero-order chi connectivity index (χ0) is 22.6. The van der Waals surface area contributed by atoms with E-state index in [1.807, 2.05) is 20.8 Å². The van der Waals surface area contributed by atoms with Gasteiger partial charge in [-0.05, 0) is 53.4 Å². The number of carbonyl (C=O) groups excluding carboxylic acids is 1. The molecular formula is C22H46IN5O3. The lowest BCUT2D eigenvalue weighted by Crippen LogP contribution is -2.53. The number of hydrogen-bond donors (Lipinski definition) is 3. The monoisotopic (exact) mass is 555 g/mol. The molecule has 8 nitrogen and oxygen atoms in total. The molecule has 1 fully saturated rings. The summed E-state index contributed by atoms with van der Waals surface area (Å²) in [7, 11) is 1.75. The highest BCUT2D eigenvalue weighted by Crippen LogP contribution is 2.18. The fraction of sp³-hybridized carbons (Fsp3) is 0.909. The minimum Gasteiger partial charge on any atom is -0.444 e. The van der Waals surface area contributed by atoms with Gasteiger partial charge in [0.05, 0.1) is 18.7 Å². The Morgan fingerprint density at radius 2 is 1.74 bits per heavy atom. The number of rotatable bonds is 10. The molecule has 0 aromatic carbocycles. The molecule has 0 aromatic rings. The SMILES string of the molecule is CCNC(=NCC(CC)(CC)NC(=O)OC(C)(C)C)NC1CCN(CCOC)CC1.I. The summed E-state index contributed by atoms with van der Waals surface area (Å²) in [5.41, 5.74) is -0.941. The van der Waals surface area contributed by atoms with Gasteiger partial charge in [0, 0.05) is 39.3 Å². The number of methoxy groups -OCH3 is 1. The van der Waals surface area contributed by atoms with E-state index in [0.29, 0.717) is 12.6 Å². The molecule has 0 unspecified atom stereocenters. The van der Waals surface area contributed by atoms with E-state index < -0.39 is 11.1 Å². The number of hydrogen-bond acceptors (Lipinski definition) is 5. The predicted molar refractivity (Wildman–Crippen MR) is 139 cm³/mol. The molecule has 0 saturated carbocycles. The first-order valence-electron chi connectivity index (χ1n) is 11.4. The van der Waals surface area contributed by atoms with Gasteiger partial charge in [0.2, 0.25) is 0 Å². The summed E-state index contributed by atoms with van der Waals surface area (Å²) in [4.78, 5) is 19.6. The van der Waals surface area contributed by atoms with Gasteiger partial charge in [0.15, 0.2) is 5.96 Å². The molecule has 0 aromatic heterocycles. The summed E-state index contributed by atoms with van der Waals surface area (Å²) >= 11 is 0. The number of amides is 1. The molecule has 3 N–H and O–H groups in total. The van der Waals surface area contributed by atoms with Crippen molar-refractivity contribution in [3.8, 4) is 0 Å². The fourth-order valence-corrected chi connectivity index (χ4v) is 3.48. The average molecular weight is 556 g/mol. The first-order valence-corrected chi connectivity index (χ1v) is 11.4. The average Bonchev–Trinajstić information content (AvgIpc) is 2.69. The summed E-state index contributed by atoms with van der Waals surface area (Å²) in [6, 6.07) is 0.401. The van der Waals surface area contributed by atoms with Gasteiger partial charge in [0.25, 0.3) is 0 Å². The summed E-state index contributed by atoms with van der Waals surface area (Å²) < 4.78 is 10.6. The van der Waals surface area contributed by atoms with Crippen molar-refractivity contribution < 1.29 is 14.3 Å². The number of nitrogens with one attached hydrogen (secondary N) is 3. The maximum Gasteiger partial charge on any atom is 0.408 e. The van der Waals surface area contributed by atoms with E-state index in [4.69, 9.17) is 14.5 Å². The standard InChI is InChI=1S/C22H45N5O3.HI/c1-8-22(9-2,26-20(28)30-21(4,5)6)17-24-19(23-10-3)25-18-11-13-27(14-12-18)15-16-29-7;/h18H,8-17H2,1-7H3,(H,26,28)(H2,23,24,25);1H. The van der Waals surface area contributed by atoms with Crippen LogP contribution in [0.3, 0.4) is 0 Å². The van der Waals surface area contributed by atoms with Gasteiger partial charge in [-0.3, -0.25) is 4.99 Å². The van der Waals surface area contributed by atoms with E-state index in [2.05, 4.69) is 41.6 Å². The van der Waals surface area contributed by atoms with E-state index in [1.54, 1.807) is 7.11 Å². The summed E-state index contributed by atoms with van der Waals surface area (Å²) in [6.07, 6.45) is 3.34. The molecule has 0 spiro atoms. The molecule has 0 atom stereocenters. The van der Waals surface area contributed by atoms with Crippen LogP contribution in [0.15, 0.2) is 4.99 Å². The molecule has 1 heterocycles. The third-order valence-corrected chi connectivity index (χ3v) is 5.54. The van der Waals surface area contributed by atoms with E-state index in [9.17, 15) is 4.79 Å². The van der Waals surface area contributed by atoms with Crippen LogP contribution in [-0.4, -0.2) is 80.6 Å². The second-order valence-corrected chi connectivity index (χ2v) is 9.06. The van der Waals surface area contributed by atoms with Gasteiger partial charge in [-0.2, -0.15) is 0 Å². The van der Waals surface area contributed by atoms with Crippen LogP contribution in [0, 0.1) is 0 Å². The van der Waals surface area contributed by atoms with E-state index in [-0.39, 0.29) is 30.1 Å². The third-order valence-electron chi connectivity index (χ3n) is 5.54. The maximum absolute atomic E-state index is 12.4. The molecule has 1 rings (SSSR count). The van der Waals surface area contributed by atoms with Crippen molar-refractivity contribution in [2.24, 2.45) is 4.99 Å². The van der Waals surface area contributed by atoms with Gasteiger partial charge >= 0.3 is 6.09 Å². The van der Waals surface area contributed by atoms with Crippen LogP contribution in [0.5, 0.6) is 0 Å². The Kier molecular flexibility index (Phi) is 14.7. The second kappa shape index (κ2) is 15.1. The normalized spacial score (nSPS) is 16.4. The quantitative estimate of drug-likeness (QED) is 0.218. The molecule has 1 amide bonds. The van der Waals surface area contributed by atoms with Gasteiger partial charge < -0.3 is 30.3 Å². The Bertz CT molecular complexity index is 528. The Balaban J connectivity index is 0.00000900. The van der Waals surface area contributed by atoms with E-state index >= 15 is 0 Å². The highest BCUT2D eigenvalue weighted by atomic mass is 127. The van der Waals surface area contributed by atoms with Crippen LogP contribution >= 0.6 is 24.0 Å². The minimum absolute atomic E-state index is 0. The van der Waals surface area contributed by atoms with Crippen LogP contribution < -0.4 is 16.0 Å². The van der Waals surface area contributed by atoms with Crippen LogP contribution in [0.25, 0.3) is 0 Å². The topological polar surface area (TPSA) is 87.2 Å². The molecule has 1 saturated heterocycles. The maximum atomic E-state index is 12.4. The Morgan fingerprint density at radius 3 is 2.23 bits per heavy atom. The number of piperidine rings is 1. The van der Waals surface area contributed by atoms with Crippen molar-refractivity contribution in [2.45, 2.75) is 84.4 Å². The van der Waals surface area contributed by atoms with E-state index in [1.165, 1.54) is 0 Å². The number of halogens is 1. The number of ether oxygens (including phenoxy) is 2. The zero-order valence-corrected chi connectivity index (χ0v) is 23.0. The van der Waals surface area contributed by atoms with Crippen LogP contribution in [0.4, 0.5) is 4.79 Å². The minimum atomic E-state index is -0.519. The lowest BCUT2D eigenvalue weighted by atomic mass is 9.93. The molecule has 0 bridgehead atoms. The smallest absolute Gasteiger partial charge is 0.408 e. The lowest BCUT2D eigenvalue weighted by molar-refractivity contribution is 0.0452. The second-order valence-electron chi connectivity index (χ2n) is 9.06. The number of aliphatic imine (C=N–C) groups is 1. The zero-order valence-electron chi connectivity index (χ0n) is 20.7. The molecular weight excluding hydrogens is 509 g/mol. The van der Waals surface area contributed by atoms with Crippen molar-refractivity contribution in [3.05, 3.63) is 0 Å². The number of alkyl carbamates (subject to hydrolysis) is 1. The van der Waals surface area contributed by atoms with Gasteiger partial charge in [-0.1, -0.05) is 13.8 Å².